The van der Waals surface area contributed by atoms with Crippen LogP contribution in [-0.4, -0.2) is 43.3 Å². The van der Waals surface area contributed by atoms with Gasteiger partial charge in [0.15, 0.2) is 0 Å². The molecule has 1 aliphatic heterocycles. The summed E-state index contributed by atoms with van der Waals surface area (Å²) >= 11 is 6.02. The number of rotatable bonds is 4. The Morgan fingerprint density at radius 1 is 1.50 bits per heavy atom. The smallest absolute Gasteiger partial charge is 0.124 e. The molecule has 6 heteroatoms. The lowest BCUT2D eigenvalue weighted by Crippen LogP contribution is -2.46. The van der Waals surface area contributed by atoms with Crippen LogP contribution in [0, 0.1) is 5.41 Å². The zero-order valence-electron chi connectivity index (χ0n) is 11.5. The molecule has 110 valence electrons. The number of nitrogens with two attached hydrogens (primary N) is 1. The molecule has 0 unspecified atom stereocenters. The van der Waals surface area contributed by atoms with Crippen molar-refractivity contribution in [1.29, 1.82) is 5.41 Å². The number of anilines is 1. The second-order valence-electron chi connectivity index (χ2n) is 5.27. The van der Waals surface area contributed by atoms with Crippen molar-refractivity contribution in [2.75, 3.05) is 31.7 Å². The fourth-order valence-corrected chi connectivity index (χ4v) is 2.65. The Kier molecular flexibility index (Phi) is 4.52. The van der Waals surface area contributed by atoms with Crippen LogP contribution in [0.1, 0.15) is 18.4 Å². The number of amidine groups is 1. The van der Waals surface area contributed by atoms with Crippen molar-refractivity contribution in [2.45, 2.75) is 18.4 Å². The molecule has 1 aromatic rings. The molecule has 0 radical (unpaired) electrons. The number of aliphatic hydroxyl groups is 1. The first-order valence-electron chi connectivity index (χ1n) is 6.56. The average molecular weight is 298 g/mol. The number of ether oxygens (including phenoxy) is 1. The fourth-order valence-electron chi connectivity index (χ4n) is 2.48. The lowest BCUT2D eigenvalue weighted by Gasteiger charge is -2.36. The Balaban J connectivity index is 2.21. The van der Waals surface area contributed by atoms with Gasteiger partial charge in [0.1, 0.15) is 5.84 Å². The highest BCUT2D eigenvalue weighted by atomic mass is 35.5. The second kappa shape index (κ2) is 5.99. The predicted octanol–water partition coefficient (Wildman–Crippen LogP) is 1.60. The normalized spacial score (nSPS) is 17.8. The number of nitrogens with one attached hydrogen (secondary N) is 1. The standard InChI is InChI=1S/C14H20ClN3O2/c1-18(9-14(19)4-6-20-7-5-14)12-8-10(15)2-3-11(12)13(16)17/h2-3,8,19H,4-7,9H2,1H3,(H3,16,17). The van der Waals surface area contributed by atoms with E-state index in [0.717, 1.165) is 5.69 Å². The van der Waals surface area contributed by atoms with Crippen molar-refractivity contribution in [2.24, 2.45) is 5.73 Å². The molecule has 0 bridgehead atoms. The predicted molar refractivity (Wildman–Crippen MR) is 80.7 cm³/mol. The maximum absolute atomic E-state index is 10.6. The van der Waals surface area contributed by atoms with E-state index in [4.69, 9.17) is 27.5 Å². The third-order valence-electron chi connectivity index (χ3n) is 3.62. The third-order valence-corrected chi connectivity index (χ3v) is 3.85. The van der Waals surface area contributed by atoms with Gasteiger partial charge in [-0.25, -0.2) is 0 Å². The monoisotopic (exact) mass is 297 g/mol. The molecule has 5 nitrogen and oxygen atoms in total. The zero-order valence-corrected chi connectivity index (χ0v) is 12.3. The lowest BCUT2D eigenvalue weighted by molar-refractivity contribution is -0.0572. The molecular weight excluding hydrogens is 278 g/mol. The molecule has 2 rings (SSSR count). The van der Waals surface area contributed by atoms with Gasteiger partial charge in [-0.2, -0.15) is 0 Å². The fraction of sp³-hybridized carbons (Fsp3) is 0.500. The summed E-state index contributed by atoms with van der Waals surface area (Å²) in [5, 5.41) is 18.8. The van der Waals surface area contributed by atoms with E-state index in [1.807, 2.05) is 11.9 Å². The number of benzene rings is 1. The van der Waals surface area contributed by atoms with E-state index in [2.05, 4.69) is 0 Å². The average Bonchev–Trinajstić information content (AvgIpc) is 2.38. The molecule has 1 fully saturated rings. The van der Waals surface area contributed by atoms with E-state index in [9.17, 15) is 5.11 Å². The molecule has 1 aliphatic rings. The Hall–Kier alpha value is -1.30. The summed E-state index contributed by atoms with van der Waals surface area (Å²) in [5.41, 5.74) is 6.20. The van der Waals surface area contributed by atoms with Gasteiger partial charge in [0.25, 0.3) is 0 Å². The van der Waals surface area contributed by atoms with E-state index in [1.165, 1.54) is 0 Å². The van der Waals surface area contributed by atoms with Gasteiger partial charge < -0.3 is 20.5 Å². The summed E-state index contributed by atoms with van der Waals surface area (Å²) in [7, 11) is 1.87. The minimum Gasteiger partial charge on any atom is -0.388 e. The Labute approximate surface area is 123 Å². The van der Waals surface area contributed by atoms with E-state index < -0.39 is 5.60 Å². The van der Waals surface area contributed by atoms with Gasteiger partial charge in [0.05, 0.1) is 5.60 Å². The van der Waals surface area contributed by atoms with Gasteiger partial charge in [-0.3, -0.25) is 5.41 Å². The molecule has 1 heterocycles. The lowest BCUT2D eigenvalue weighted by atomic mass is 9.93. The van der Waals surface area contributed by atoms with Crippen molar-refractivity contribution in [3.8, 4) is 0 Å². The van der Waals surface area contributed by atoms with Crippen LogP contribution < -0.4 is 10.6 Å². The van der Waals surface area contributed by atoms with Crippen molar-refractivity contribution in [1.82, 2.24) is 0 Å². The first-order valence-corrected chi connectivity index (χ1v) is 6.94. The summed E-state index contributed by atoms with van der Waals surface area (Å²) in [6.07, 6.45) is 1.21. The Morgan fingerprint density at radius 2 is 2.15 bits per heavy atom. The highest BCUT2D eigenvalue weighted by molar-refractivity contribution is 6.31. The number of hydrogen-bond acceptors (Lipinski definition) is 4. The summed E-state index contributed by atoms with van der Waals surface area (Å²) in [4.78, 5) is 1.90. The minimum atomic E-state index is -0.774. The maximum atomic E-state index is 10.6. The largest absolute Gasteiger partial charge is 0.388 e. The van der Waals surface area contributed by atoms with Crippen LogP contribution in [0.15, 0.2) is 18.2 Å². The maximum Gasteiger partial charge on any atom is 0.124 e. The number of likely N-dealkylation sites (N-methyl/N-ethyl adjacent to an activating group) is 1. The van der Waals surface area contributed by atoms with Gasteiger partial charge in [-0.05, 0) is 18.2 Å². The van der Waals surface area contributed by atoms with Crippen LogP contribution in [0.4, 0.5) is 5.69 Å². The number of nitrogen functional groups attached to an aromatic ring is 1. The van der Waals surface area contributed by atoms with Gasteiger partial charge in [0, 0.05) is 55.9 Å². The third kappa shape index (κ3) is 3.42. The van der Waals surface area contributed by atoms with Crippen molar-refractivity contribution in [3.63, 3.8) is 0 Å². The molecule has 4 N–H and O–H groups in total. The first kappa shape index (κ1) is 15.1. The number of hydrogen-bond donors (Lipinski definition) is 3. The van der Waals surface area contributed by atoms with E-state index >= 15 is 0 Å². The molecule has 0 amide bonds. The summed E-state index contributed by atoms with van der Waals surface area (Å²) in [6.45, 7) is 1.59. The summed E-state index contributed by atoms with van der Waals surface area (Å²) in [6, 6.07) is 5.20. The molecular formula is C14H20ClN3O2. The minimum absolute atomic E-state index is 0.0116. The molecule has 1 saturated heterocycles. The summed E-state index contributed by atoms with van der Waals surface area (Å²) < 4.78 is 5.28. The van der Waals surface area contributed by atoms with Crippen LogP contribution >= 0.6 is 11.6 Å². The molecule has 20 heavy (non-hydrogen) atoms. The van der Waals surface area contributed by atoms with Crippen LogP contribution in [0.3, 0.4) is 0 Å². The van der Waals surface area contributed by atoms with Crippen molar-refractivity contribution < 1.29 is 9.84 Å². The second-order valence-corrected chi connectivity index (χ2v) is 5.70. The highest BCUT2D eigenvalue weighted by Gasteiger charge is 2.31. The van der Waals surface area contributed by atoms with Crippen LogP contribution in [0.5, 0.6) is 0 Å². The number of halogens is 1. The zero-order chi connectivity index (χ0) is 14.8. The van der Waals surface area contributed by atoms with Gasteiger partial charge in [0.2, 0.25) is 0 Å². The van der Waals surface area contributed by atoms with Crippen molar-refractivity contribution in [3.05, 3.63) is 28.8 Å². The van der Waals surface area contributed by atoms with Crippen molar-refractivity contribution >= 4 is 23.1 Å². The highest BCUT2D eigenvalue weighted by Crippen LogP contribution is 2.28. The number of nitrogens with zero attached hydrogens (tertiary/aromatic N) is 1. The van der Waals surface area contributed by atoms with E-state index in [1.54, 1.807) is 18.2 Å². The molecule has 0 atom stereocenters. The SMILES string of the molecule is CN(CC1(O)CCOCC1)c1cc(Cl)ccc1C(=N)N. The van der Waals surface area contributed by atoms with Gasteiger partial charge in [-0.15, -0.1) is 0 Å². The topological polar surface area (TPSA) is 82.6 Å². The van der Waals surface area contributed by atoms with Gasteiger partial charge >= 0.3 is 0 Å². The van der Waals surface area contributed by atoms with Crippen LogP contribution in [0.2, 0.25) is 5.02 Å². The summed E-state index contributed by atoms with van der Waals surface area (Å²) in [5.74, 6) is -0.0116. The quantitative estimate of drug-likeness (QED) is 0.582. The van der Waals surface area contributed by atoms with Crippen LogP contribution in [0.25, 0.3) is 0 Å². The van der Waals surface area contributed by atoms with Crippen LogP contribution in [-0.2, 0) is 4.74 Å². The first-order chi connectivity index (χ1) is 9.41. The molecule has 1 aromatic carbocycles. The molecule has 0 aromatic heterocycles. The van der Waals surface area contributed by atoms with E-state index in [-0.39, 0.29) is 5.84 Å². The molecule has 0 spiro atoms. The molecule has 0 saturated carbocycles. The van der Waals surface area contributed by atoms with E-state index in [0.29, 0.717) is 43.2 Å². The Morgan fingerprint density at radius 3 is 2.75 bits per heavy atom. The Bertz CT molecular complexity index is 501. The van der Waals surface area contributed by atoms with Gasteiger partial charge in [-0.1, -0.05) is 11.6 Å². The molecule has 0 aliphatic carbocycles.